The zero-order valence-corrected chi connectivity index (χ0v) is 19.8. The van der Waals surface area contributed by atoms with Crippen molar-refractivity contribution >= 4 is 11.6 Å². The summed E-state index contributed by atoms with van der Waals surface area (Å²) in [5.74, 6) is 2.36. The average molecular weight is 485 g/mol. The lowest BCUT2D eigenvalue weighted by molar-refractivity contribution is 0.102. The Bertz CT molecular complexity index is 1440. The van der Waals surface area contributed by atoms with E-state index >= 15 is 0 Å². The Hall–Kier alpha value is -4.44. The molecule has 2 aliphatic heterocycles. The number of likely N-dealkylation sites (N-methyl/N-ethyl adjacent to an activating group) is 1. The highest BCUT2D eigenvalue weighted by Crippen LogP contribution is 2.50. The smallest absolute Gasteiger partial charge is 0.255 e. The van der Waals surface area contributed by atoms with E-state index in [1.165, 1.54) is 0 Å². The van der Waals surface area contributed by atoms with Crippen molar-refractivity contribution in [1.29, 1.82) is 0 Å². The molecule has 1 N–H and O–H groups in total. The van der Waals surface area contributed by atoms with Crippen LogP contribution in [0.4, 0.5) is 5.69 Å². The van der Waals surface area contributed by atoms with Gasteiger partial charge in [-0.1, -0.05) is 24.3 Å². The predicted octanol–water partition coefficient (Wildman–Crippen LogP) is 3.23. The molecular weight excluding hydrogens is 460 g/mol. The topological polar surface area (TPSA) is 104 Å². The number of fused-ring (bicyclic) bond motifs is 2. The number of amides is 1. The molecule has 0 fully saturated rings. The molecule has 0 saturated carbocycles. The number of hydrogen-bond acceptors (Lipinski definition) is 8. The van der Waals surface area contributed by atoms with Crippen molar-refractivity contribution in [2.45, 2.75) is 12.5 Å². The van der Waals surface area contributed by atoms with Gasteiger partial charge in [0.1, 0.15) is 6.04 Å². The monoisotopic (exact) mass is 484 g/mol. The minimum absolute atomic E-state index is 0.161. The maximum Gasteiger partial charge on any atom is 0.255 e. The normalized spacial score (nSPS) is 16.4. The Morgan fingerprint density at radius 2 is 1.97 bits per heavy atom. The van der Waals surface area contributed by atoms with Gasteiger partial charge in [0.15, 0.2) is 17.3 Å². The van der Waals surface area contributed by atoms with Gasteiger partial charge in [-0.3, -0.25) is 9.69 Å². The minimum Gasteiger partial charge on any atom is -0.492 e. The first-order chi connectivity index (χ1) is 17.6. The summed E-state index contributed by atoms with van der Waals surface area (Å²) in [4.78, 5) is 14.9. The summed E-state index contributed by atoms with van der Waals surface area (Å²) < 4.78 is 18.9. The number of nitrogens with zero attached hydrogens (tertiary/aromatic N) is 5. The van der Waals surface area contributed by atoms with Gasteiger partial charge in [-0.15, -0.1) is 5.10 Å². The van der Waals surface area contributed by atoms with Gasteiger partial charge < -0.3 is 19.5 Å². The molecule has 0 aliphatic carbocycles. The fourth-order valence-electron chi connectivity index (χ4n) is 4.82. The third kappa shape index (κ3) is 3.72. The van der Waals surface area contributed by atoms with Gasteiger partial charge in [-0.25, -0.2) is 0 Å². The number of carbonyl (C=O) groups is 1. The number of carbonyl (C=O) groups excluding carboxylic acids is 1. The van der Waals surface area contributed by atoms with Gasteiger partial charge in [-0.05, 0) is 65.9 Å². The summed E-state index contributed by atoms with van der Waals surface area (Å²) in [6, 6.07) is 18.3. The van der Waals surface area contributed by atoms with E-state index in [0.29, 0.717) is 34.3 Å². The number of benzene rings is 3. The standard InChI is InChI=1S/C26H24N6O4/c1-31-12-11-17-13-20-23(36-15-35-20)24(34-2)21(17)22(31)25-28-29-30-32(25)19-10-6-9-18(14-19)27-26(33)16-7-4-3-5-8-16/h3-10,13-14,22H,11-12,15H2,1-2H3,(H,27,33). The van der Waals surface area contributed by atoms with E-state index in [9.17, 15) is 4.79 Å². The fraction of sp³-hybridized carbons (Fsp3) is 0.231. The second-order valence-electron chi connectivity index (χ2n) is 8.67. The van der Waals surface area contributed by atoms with Gasteiger partial charge in [0.25, 0.3) is 5.91 Å². The largest absolute Gasteiger partial charge is 0.492 e. The van der Waals surface area contributed by atoms with Crippen molar-refractivity contribution in [3.8, 4) is 22.9 Å². The molecule has 1 unspecified atom stereocenters. The molecule has 0 saturated heterocycles. The van der Waals surface area contributed by atoms with Gasteiger partial charge in [0, 0.05) is 23.4 Å². The van der Waals surface area contributed by atoms with E-state index in [1.54, 1.807) is 23.9 Å². The molecule has 1 aromatic heterocycles. The molecule has 2 aliphatic rings. The molecular formula is C26H24N6O4. The molecule has 36 heavy (non-hydrogen) atoms. The van der Waals surface area contributed by atoms with E-state index < -0.39 is 0 Å². The van der Waals surface area contributed by atoms with Crippen molar-refractivity contribution in [1.82, 2.24) is 25.1 Å². The molecule has 182 valence electrons. The minimum atomic E-state index is -0.282. The third-order valence-corrected chi connectivity index (χ3v) is 6.52. The summed E-state index contributed by atoms with van der Waals surface area (Å²) in [5, 5.41) is 15.7. The van der Waals surface area contributed by atoms with E-state index in [2.05, 4.69) is 25.7 Å². The SMILES string of the molecule is COc1c2c(cc3c1C(c1nnnn1-c1cccc(NC(=O)c4ccccc4)c1)N(C)CC3)OCO2. The third-order valence-electron chi connectivity index (χ3n) is 6.52. The Balaban J connectivity index is 1.39. The van der Waals surface area contributed by atoms with Crippen LogP contribution in [0.1, 0.15) is 33.4 Å². The molecule has 1 amide bonds. The number of anilines is 1. The Labute approximate surface area is 207 Å². The molecule has 0 bridgehead atoms. The summed E-state index contributed by atoms with van der Waals surface area (Å²) in [5.41, 5.74) is 4.01. The van der Waals surface area contributed by atoms with Gasteiger partial charge in [0.05, 0.1) is 12.8 Å². The second kappa shape index (κ2) is 8.97. The molecule has 3 heterocycles. The molecule has 3 aromatic carbocycles. The first-order valence-corrected chi connectivity index (χ1v) is 11.6. The highest BCUT2D eigenvalue weighted by atomic mass is 16.7. The fourth-order valence-corrected chi connectivity index (χ4v) is 4.82. The average Bonchev–Trinajstić information content (AvgIpc) is 3.58. The number of methoxy groups -OCH3 is 1. The van der Waals surface area contributed by atoms with Crippen LogP contribution >= 0.6 is 0 Å². The first kappa shape index (κ1) is 22.1. The molecule has 1 atom stereocenters. The maximum atomic E-state index is 12.7. The van der Waals surface area contributed by atoms with Crippen molar-refractivity contribution < 1.29 is 19.0 Å². The lowest BCUT2D eigenvalue weighted by Crippen LogP contribution is -2.35. The number of hydrogen-bond donors (Lipinski definition) is 1. The lowest BCUT2D eigenvalue weighted by atomic mass is 9.90. The molecule has 0 radical (unpaired) electrons. The van der Waals surface area contributed by atoms with Crippen LogP contribution < -0.4 is 19.5 Å². The van der Waals surface area contributed by atoms with E-state index in [-0.39, 0.29) is 18.7 Å². The van der Waals surface area contributed by atoms with Crippen LogP contribution in [0.15, 0.2) is 60.7 Å². The van der Waals surface area contributed by atoms with Crippen LogP contribution in [0.5, 0.6) is 17.2 Å². The van der Waals surface area contributed by atoms with Gasteiger partial charge in [-0.2, -0.15) is 4.68 Å². The van der Waals surface area contributed by atoms with Gasteiger partial charge >= 0.3 is 0 Å². The number of tetrazole rings is 1. The highest BCUT2D eigenvalue weighted by Gasteiger charge is 2.37. The van der Waals surface area contributed by atoms with Crippen LogP contribution in [0.3, 0.4) is 0 Å². The number of nitrogens with one attached hydrogen (secondary N) is 1. The summed E-state index contributed by atoms with van der Waals surface area (Å²) in [6.45, 7) is 0.967. The van der Waals surface area contributed by atoms with Crippen LogP contribution in [0.2, 0.25) is 0 Å². The van der Waals surface area contributed by atoms with Crippen molar-refractivity contribution in [3.63, 3.8) is 0 Å². The second-order valence-corrected chi connectivity index (χ2v) is 8.67. The molecule has 6 rings (SSSR count). The van der Waals surface area contributed by atoms with Crippen LogP contribution in [-0.2, 0) is 6.42 Å². The zero-order chi connectivity index (χ0) is 24.6. The van der Waals surface area contributed by atoms with Crippen LogP contribution in [0.25, 0.3) is 5.69 Å². The zero-order valence-electron chi connectivity index (χ0n) is 19.8. The van der Waals surface area contributed by atoms with E-state index in [4.69, 9.17) is 14.2 Å². The highest BCUT2D eigenvalue weighted by molar-refractivity contribution is 6.04. The molecule has 10 nitrogen and oxygen atoms in total. The Kier molecular flexibility index (Phi) is 5.49. The van der Waals surface area contributed by atoms with Crippen LogP contribution in [-0.4, -0.2) is 58.5 Å². The van der Waals surface area contributed by atoms with E-state index in [1.807, 2.05) is 55.6 Å². The van der Waals surface area contributed by atoms with Crippen molar-refractivity contribution in [2.75, 3.05) is 32.8 Å². The van der Waals surface area contributed by atoms with Gasteiger partial charge in [0.2, 0.25) is 12.5 Å². The predicted molar refractivity (Wildman–Crippen MR) is 131 cm³/mol. The summed E-state index contributed by atoms with van der Waals surface area (Å²) >= 11 is 0. The molecule has 10 heteroatoms. The van der Waals surface area contributed by atoms with E-state index in [0.717, 1.165) is 29.8 Å². The quantitative estimate of drug-likeness (QED) is 0.461. The Morgan fingerprint density at radius 1 is 1.11 bits per heavy atom. The number of rotatable bonds is 5. The van der Waals surface area contributed by atoms with Crippen LogP contribution in [0, 0.1) is 0 Å². The van der Waals surface area contributed by atoms with Crippen molar-refractivity contribution in [3.05, 3.63) is 83.2 Å². The first-order valence-electron chi connectivity index (χ1n) is 11.6. The number of ether oxygens (including phenoxy) is 3. The molecule has 4 aromatic rings. The number of aromatic nitrogens is 4. The Morgan fingerprint density at radius 3 is 2.81 bits per heavy atom. The summed E-state index contributed by atoms with van der Waals surface area (Å²) in [6.07, 6.45) is 0.831. The lowest BCUT2D eigenvalue weighted by Gasteiger charge is -2.34. The molecule has 0 spiro atoms. The maximum absolute atomic E-state index is 12.7. The summed E-state index contributed by atoms with van der Waals surface area (Å²) in [7, 11) is 3.66. The van der Waals surface area contributed by atoms with Crippen molar-refractivity contribution in [2.24, 2.45) is 0 Å².